The van der Waals surface area contributed by atoms with Crippen molar-refractivity contribution in [2.75, 3.05) is 17.2 Å². The summed E-state index contributed by atoms with van der Waals surface area (Å²) in [6.07, 6.45) is 7.22. The molecule has 0 fully saturated rings. The predicted molar refractivity (Wildman–Crippen MR) is 87.4 cm³/mol. The minimum absolute atomic E-state index is 0.522. The molecule has 114 valence electrons. The highest BCUT2D eigenvalue weighted by atomic mass is 15.1. The quantitative estimate of drug-likeness (QED) is 0.667. The Labute approximate surface area is 123 Å². The fraction of sp³-hybridized carbons (Fsp3) is 0.750. The zero-order valence-corrected chi connectivity index (χ0v) is 13.5. The third kappa shape index (κ3) is 6.22. The molecule has 0 amide bonds. The van der Waals surface area contributed by atoms with Gasteiger partial charge in [-0.15, -0.1) is 0 Å². The van der Waals surface area contributed by atoms with Crippen LogP contribution in [-0.4, -0.2) is 22.6 Å². The van der Waals surface area contributed by atoms with Crippen molar-refractivity contribution >= 4 is 11.6 Å². The van der Waals surface area contributed by atoms with Crippen LogP contribution in [0.3, 0.4) is 0 Å². The van der Waals surface area contributed by atoms with Crippen molar-refractivity contribution in [2.45, 2.75) is 72.3 Å². The monoisotopic (exact) mass is 278 g/mol. The number of hydrogen-bond acceptors (Lipinski definition) is 4. The first-order valence-corrected chi connectivity index (χ1v) is 8.05. The Morgan fingerprint density at radius 2 is 1.75 bits per heavy atom. The summed E-state index contributed by atoms with van der Waals surface area (Å²) in [5.41, 5.74) is 0. The van der Waals surface area contributed by atoms with Crippen molar-refractivity contribution in [3.8, 4) is 0 Å². The van der Waals surface area contributed by atoms with Crippen LogP contribution in [0, 0.1) is 6.92 Å². The van der Waals surface area contributed by atoms with Crippen LogP contribution in [0.5, 0.6) is 0 Å². The van der Waals surface area contributed by atoms with Crippen LogP contribution in [0.15, 0.2) is 6.07 Å². The SMILES string of the molecule is CCCCC(CCC)Nc1cc(NCCC)nc(C)n1. The lowest BCUT2D eigenvalue weighted by Gasteiger charge is -2.19. The first kappa shape index (κ1) is 16.7. The number of anilines is 2. The van der Waals surface area contributed by atoms with Crippen molar-refractivity contribution in [1.82, 2.24) is 9.97 Å². The summed E-state index contributed by atoms with van der Waals surface area (Å²) in [5, 5.41) is 6.91. The average molecular weight is 278 g/mol. The third-order valence-corrected chi connectivity index (χ3v) is 3.29. The number of nitrogens with zero attached hydrogens (tertiary/aromatic N) is 2. The van der Waals surface area contributed by atoms with Gasteiger partial charge in [0.25, 0.3) is 0 Å². The minimum atomic E-state index is 0.522. The molecular formula is C16H30N4. The van der Waals surface area contributed by atoms with E-state index >= 15 is 0 Å². The van der Waals surface area contributed by atoms with Gasteiger partial charge in [0.15, 0.2) is 0 Å². The van der Waals surface area contributed by atoms with E-state index in [-0.39, 0.29) is 0 Å². The van der Waals surface area contributed by atoms with Gasteiger partial charge in [0, 0.05) is 18.7 Å². The molecule has 1 aromatic rings. The lowest BCUT2D eigenvalue weighted by molar-refractivity contribution is 0.562. The molecular weight excluding hydrogens is 248 g/mol. The minimum Gasteiger partial charge on any atom is -0.370 e. The largest absolute Gasteiger partial charge is 0.370 e. The van der Waals surface area contributed by atoms with Crippen molar-refractivity contribution < 1.29 is 0 Å². The Bertz CT molecular complexity index is 379. The standard InChI is InChI=1S/C16H30N4/c1-5-8-10-14(9-6-2)20-16-12-15(17-11-7-3)18-13(4)19-16/h12,14H,5-11H2,1-4H3,(H2,17,18,19,20). The van der Waals surface area contributed by atoms with E-state index in [9.17, 15) is 0 Å². The highest BCUT2D eigenvalue weighted by Crippen LogP contribution is 2.16. The van der Waals surface area contributed by atoms with Gasteiger partial charge in [-0.1, -0.05) is 40.0 Å². The number of rotatable bonds is 10. The van der Waals surface area contributed by atoms with Gasteiger partial charge in [-0.05, 0) is 26.2 Å². The van der Waals surface area contributed by atoms with Gasteiger partial charge in [-0.25, -0.2) is 9.97 Å². The summed E-state index contributed by atoms with van der Waals surface area (Å²) in [6.45, 7) is 9.53. The van der Waals surface area contributed by atoms with Gasteiger partial charge in [-0.3, -0.25) is 0 Å². The molecule has 1 heterocycles. The summed E-state index contributed by atoms with van der Waals surface area (Å²) in [6, 6.07) is 2.55. The van der Waals surface area contributed by atoms with Gasteiger partial charge in [0.2, 0.25) is 0 Å². The van der Waals surface area contributed by atoms with Crippen LogP contribution < -0.4 is 10.6 Å². The van der Waals surface area contributed by atoms with Gasteiger partial charge in [0.05, 0.1) is 0 Å². The molecule has 0 saturated carbocycles. The molecule has 0 spiro atoms. The van der Waals surface area contributed by atoms with E-state index in [4.69, 9.17) is 0 Å². The molecule has 1 rings (SSSR count). The van der Waals surface area contributed by atoms with Gasteiger partial charge < -0.3 is 10.6 Å². The summed E-state index contributed by atoms with van der Waals surface area (Å²) in [7, 11) is 0. The normalized spacial score (nSPS) is 12.2. The third-order valence-electron chi connectivity index (χ3n) is 3.29. The van der Waals surface area contributed by atoms with Crippen LogP contribution in [0.25, 0.3) is 0 Å². The molecule has 0 saturated heterocycles. The molecule has 20 heavy (non-hydrogen) atoms. The number of hydrogen-bond donors (Lipinski definition) is 2. The number of nitrogens with one attached hydrogen (secondary N) is 2. The molecule has 0 bridgehead atoms. The fourth-order valence-corrected chi connectivity index (χ4v) is 2.28. The zero-order valence-electron chi connectivity index (χ0n) is 13.5. The van der Waals surface area contributed by atoms with Crippen molar-refractivity contribution in [3.63, 3.8) is 0 Å². The molecule has 0 aromatic carbocycles. The fourth-order valence-electron chi connectivity index (χ4n) is 2.28. The first-order valence-electron chi connectivity index (χ1n) is 8.05. The lowest BCUT2D eigenvalue weighted by Crippen LogP contribution is -2.20. The Balaban J connectivity index is 2.69. The molecule has 4 nitrogen and oxygen atoms in total. The molecule has 1 aromatic heterocycles. The average Bonchev–Trinajstić information content (AvgIpc) is 2.42. The maximum absolute atomic E-state index is 4.51. The van der Waals surface area contributed by atoms with E-state index < -0.39 is 0 Å². The van der Waals surface area contributed by atoms with Crippen molar-refractivity contribution in [3.05, 3.63) is 11.9 Å². The molecule has 0 aliphatic rings. The Morgan fingerprint density at radius 3 is 2.40 bits per heavy atom. The van der Waals surface area contributed by atoms with Crippen molar-refractivity contribution in [1.29, 1.82) is 0 Å². The molecule has 1 atom stereocenters. The van der Waals surface area contributed by atoms with Gasteiger partial charge in [0.1, 0.15) is 17.5 Å². The van der Waals surface area contributed by atoms with E-state index in [1.165, 1.54) is 32.1 Å². The molecule has 0 aliphatic carbocycles. The van der Waals surface area contributed by atoms with Gasteiger partial charge in [-0.2, -0.15) is 0 Å². The van der Waals surface area contributed by atoms with Gasteiger partial charge >= 0.3 is 0 Å². The zero-order chi connectivity index (χ0) is 14.8. The number of aryl methyl sites for hydroxylation is 1. The summed E-state index contributed by atoms with van der Waals surface area (Å²) >= 11 is 0. The second-order valence-electron chi connectivity index (χ2n) is 5.38. The smallest absolute Gasteiger partial charge is 0.132 e. The summed E-state index contributed by atoms with van der Waals surface area (Å²) < 4.78 is 0. The lowest BCUT2D eigenvalue weighted by atomic mass is 10.1. The van der Waals surface area contributed by atoms with E-state index in [1.54, 1.807) is 0 Å². The number of aromatic nitrogens is 2. The van der Waals surface area contributed by atoms with Crippen LogP contribution in [-0.2, 0) is 0 Å². The first-order chi connectivity index (χ1) is 9.69. The maximum atomic E-state index is 4.51. The topological polar surface area (TPSA) is 49.8 Å². The number of unbranched alkanes of at least 4 members (excludes halogenated alkanes) is 1. The molecule has 4 heteroatoms. The van der Waals surface area contributed by atoms with Crippen LogP contribution in [0.4, 0.5) is 11.6 Å². The van der Waals surface area contributed by atoms with Crippen LogP contribution in [0.2, 0.25) is 0 Å². The summed E-state index contributed by atoms with van der Waals surface area (Å²) in [5.74, 6) is 2.69. The molecule has 0 aliphatic heterocycles. The van der Waals surface area contributed by atoms with E-state index in [0.717, 1.165) is 30.4 Å². The second-order valence-corrected chi connectivity index (χ2v) is 5.38. The Hall–Kier alpha value is -1.32. The van der Waals surface area contributed by atoms with E-state index in [1.807, 2.05) is 13.0 Å². The van der Waals surface area contributed by atoms with E-state index in [2.05, 4.69) is 41.4 Å². The van der Waals surface area contributed by atoms with Crippen LogP contribution in [0.1, 0.15) is 65.1 Å². The second kappa shape index (κ2) is 9.56. The highest BCUT2D eigenvalue weighted by Gasteiger charge is 2.09. The van der Waals surface area contributed by atoms with E-state index in [0.29, 0.717) is 6.04 Å². The molecule has 1 unspecified atom stereocenters. The Kier molecular flexibility index (Phi) is 8.00. The highest BCUT2D eigenvalue weighted by molar-refractivity contribution is 5.48. The molecule has 2 N–H and O–H groups in total. The van der Waals surface area contributed by atoms with Crippen LogP contribution >= 0.6 is 0 Å². The summed E-state index contributed by atoms with van der Waals surface area (Å²) in [4.78, 5) is 8.93. The maximum Gasteiger partial charge on any atom is 0.132 e. The molecule has 0 radical (unpaired) electrons. The Morgan fingerprint density at radius 1 is 1.00 bits per heavy atom. The van der Waals surface area contributed by atoms with Crippen molar-refractivity contribution in [2.24, 2.45) is 0 Å². The predicted octanol–water partition coefficient (Wildman–Crippen LogP) is 4.38.